The molecule has 0 atom stereocenters. The van der Waals surface area contributed by atoms with E-state index in [9.17, 15) is 14.0 Å². The van der Waals surface area contributed by atoms with Crippen LogP contribution in [-0.2, 0) is 6.54 Å². The molecule has 6 heteroatoms. The monoisotopic (exact) mass is 288 g/mol. The quantitative estimate of drug-likeness (QED) is 0.936. The van der Waals surface area contributed by atoms with E-state index in [1.54, 1.807) is 19.2 Å². The first-order chi connectivity index (χ1) is 9.97. The van der Waals surface area contributed by atoms with Gasteiger partial charge in [-0.3, -0.25) is 4.79 Å². The number of carboxylic acid groups (broad SMARTS) is 1. The molecule has 1 N–H and O–H groups in total. The molecule has 108 valence electrons. The molecule has 0 bridgehead atoms. The van der Waals surface area contributed by atoms with Crippen molar-refractivity contribution in [3.8, 4) is 0 Å². The van der Waals surface area contributed by atoms with E-state index in [2.05, 4.69) is 4.98 Å². The summed E-state index contributed by atoms with van der Waals surface area (Å²) in [6, 6.07) is 8.74. The van der Waals surface area contributed by atoms with Gasteiger partial charge in [0.2, 0.25) is 0 Å². The average molecular weight is 288 g/mol. The highest BCUT2D eigenvalue weighted by atomic mass is 19.1. The van der Waals surface area contributed by atoms with Crippen LogP contribution in [0.4, 0.5) is 4.39 Å². The lowest BCUT2D eigenvalue weighted by atomic mass is 10.1. The van der Waals surface area contributed by atoms with E-state index in [1.165, 1.54) is 29.2 Å². The van der Waals surface area contributed by atoms with Crippen LogP contribution in [0, 0.1) is 5.82 Å². The van der Waals surface area contributed by atoms with Crippen molar-refractivity contribution in [1.29, 1.82) is 0 Å². The second-order valence-corrected chi connectivity index (χ2v) is 4.52. The first kappa shape index (κ1) is 14.6. The van der Waals surface area contributed by atoms with Gasteiger partial charge in [0.05, 0.1) is 11.8 Å². The third-order valence-corrected chi connectivity index (χ3v) is 2.91. The Labute approximate surface area is 120 Å². The summed E-state index contributed by atoms with van der Waals surface area (Å²) in [6.45, 7) is 0.303. The van der Waals surface area contributed by atoms with Crippen molar-refractivity contribution in [2.24, 2.45) is 0 Å². The van der Waals surface area contributed by atoms with Crippen molar-refractivity contribution in [2.45, 2.75) is 6.54 Å². The Morgan fingerprint density at radius 2 is 1.86 bits per heavy atom. The highest BCUT2D eigenvalue weighted by Crippen LogP contribution is 2.09. The molecule has 0 radical (unpaired) electrons. The number of halogens is 1. The molecule has 2 aromatic rings. The van der Waals surface area contributed by atoms with E-state index in [4.69, 9.17) is 5.11 Å². The SMILES string of the molecule is CN(Cc1ccc(C(=O)O)cc1)C(=O)c1ccc(F)cn1. The van der Waals surface area contributed by atoms with Crippen molar-refractivity contribution in [3.05, 3.63) is 65.2 Å². The molecule has 1 aromatic carbocycles. The predicted octanol–water partition coefficient (Wildman–Crippen LogP) is 2.19. The zero-order chi connectivity index (χ0) is 15.4. The summed E-state index contributed by atoms with van der Waals surface area (Å²) >= 11 is 0. The van der Waals surface area contributed by atoms with Gasteiger partial charge in [-0.25, -0.2) is 14.2 Å². The summed E-state index contributed by atoms with van der Waals surface area (Å²) in [5.74, 6) is -1.84. The number of carbonyl (C=O) groups excluding carboxylic acids is 1. The van der Waals surface area contributed by atoms with Gasteiger partial charge in [0.25, 0.3) is 5.91 Å². The van der Waals surface area contributed by atoms with Crippen LogP contribution in [0.15, 0.2) is 42.6 Å². The number of amides is 1. The molecule has 1 amide bonds. The predicted molar refractivity (Wildman–Crippen MR) is 73.4 cm³/mol. The largest absolute Gasteiger partial charge is 0.478 e. The fraction of sp³-hybridized carbons (Fsp3) is 0.133. The van der Waals surface area contributed by atoms with E-state index in [1.807, 2.05) is 0 Å². The lowest BCUT2D eigenvalue weighted by Gasteiger charge is -2.16. The second-order valence-electron chi connectivity index (χ2n) is 4.52. The maximum atomic E-state index is 12.8. The topological polar surface area (TPSA) is 70.5 Å². The average Bonchev–Trinajstić information content (AvgIpc) is 2.47. The van der Waals surface area contributed by atoms with Gasteiger partial charge in [0.15, 0.2) is 0 Å². The molecule has 0 saturated heterocycles. The van der Waals surface area contributed by atoms with Crippen molar-refractivity contribution in [3.63, 3.8) is 0 Å². The maximum Gasteiger partial charge on any atom is 0.335 e. The molecule has 0 spiro atoms. The fourth-order valence-corrected chi connectivity index (χ4v) is 1.80. The number of hydrogen-bond acceptors (Lipinski definition) is 3. The minimum absolute atomic E-state index is 0.154. The summed E-state index contributed by atoms with van der Waals surface area (Å²) in [7, 11) is 1.60. The molecule has 1 aromatic heterocycles. The normalized spacial score (nSPS) is 10.2. The van der Waals surface area contributed by atoms with Gasteiger partial charge in [-0.05, 0) is 29.8 Å². The van der Waals surface area contributed by atoms with Crippen LogP contribution >= 0.6 is 0 Å². The van der Waals surface area contributed by atoms with Crippen LogP contribution in [0.1, 0.15) is 26.4 Å². The Balaban J connectivity index is 2.06. The third kappa shape index (κ3) is 3.62. The van der Waals surface area contributed by atoms with E-state index >= 15 is 0 Å². The molecule has 1 heterocycles. The Morgan fingerprint density at radius 3 is 2.38 bits per heavy atom. The number of aromatic nitrogens is 1. The number of hydrogen-bond donors (Lipinski definition) is 1. The number of carbonyl (C=O) groups is 2. The highest BCUT2D eigenvalue weighted by Gasteiger charge is 2.13. The molecule has 0 saturated carbocycles. The van der Waals surface area contributed by atoms with Gasteiger partial charge in [-0.1, -0.05) is 12.1 Å². The van der Waals surface area contributed by atoms with Gasteiger partial charge in [0.1, 0.15) is 11.5 Å². The summed E-state index contributed by atoms with van der Waals surface area (Å²) < 4.78 is 12.8. The Bertz CT molecular complexity index is 654. The van der Waals surface area contributed by atoms with Crippen LogP contribution in [0.25, 0.3) is 0 Å². The van der Waals surface area contributed by atoms with Crippen LogP contribution in [0.2, 0.25) is 0 Å². The van der Waals surface area contributed by atoms with Gasteiger partial charge in [-0.15, -0.1) is 0 Å². The number of pyridine rings is 1. The summed E-state index contributed by atoms with van der Waals surface area (Å²) in [5, 5.41) is 8.81. The van der Waals surface area contributed by atoms with Crippen molar-refractivity contribution in [2.75, 3.05) is 7.05 Å². The second kappa shape index (κ2) is 6.13. The molecule has 0 aliphatic carbocycles. The molecular formula is C15H13FN2O3. The lowest BCUT2D eigenvalue weighted by molar-refractivity contribution is 0.0695. The standard InChI is InChI=1S/C15H13FN2O3/c1-18(14(19)13-7-6-12(16)8-17-13)9-10-2-4-11(5-3-10)15(20)21/h2-8H,9H2,1H3,(H,20,21). The highest BCUT2D eigenvalue weighted by molar-refractivity contribution is 5.92. The fourth-order valence-electron chi connectivity index (χ4n) is 1.80. The molecule has 21 heavy (non-hydrogen) atoms. The smallest absolute Gasteiger partial charge is 0.335 e. The van der Waals surface area contributed by atoms with Crippen molar-refractivity contribution < 1.29 is 19.1 Å². The lowest BCUT2D eigenvalue weighted by Crippen LogP contribution is -2.27. The number of carboxylic acids is 1. The molecule has 0 aliphatic rings. The molecule has 5 nitrogen and oxygen atoms in total. The Morgan fingerprint density at radius 1 is 1.19 bits per heavy atom. The van der Waals surface area contributed by atoms with Crippen LogP contribution < -0.4 is 0 Å². The molecule has 2 rings (SSSR count). The van der Waals surface area contributed by atoms with Gasteiger partial charge < -0.3 is 10.0 Å². The third-order valence-electron chi connectivity index (χ3n) is 2.91. The molecule has 0 fully saturated rings. The first-order valence-corrected chi connectivity index (χ1v) is 6.16. The molecule has 0 aliphatic heterocycles. The Kier molecular flexibility index (Phi) is 4.27. The van der Waals surface area contributed by atoms with E-state index in [-0.39, 0.29) is 17.2 Å². The summed E-state index contributed by atoms with van der Waals surface area (Å²) in [5.41, 5.74) is 1.13. The number of rotatable bonds is 4. The van der Waals surface area contributed by atoms with E-state index in [0.29, 0.717) is 6.54 Å². The minimum atomic E-state index is -0.999. The van der Waals surface area contributed by atoms with Crippen molar-refractivity contribution >= 4 is 11.9 Å². The summed E-state index contributed by atoms with van der Waals surface area (Å²) in [6.07, 6.45) is 0.989. The summed E-state index contributed by atoms with van der Waals surface area (Å²) in [4.78, 5) is 28.0. The molecule has 0 unspecified atom stereocenters. The van der Waals surface area contributed by atoms with Crippen molar-refractivity contribution in [1.82, 2.24) is 9.88 Å². The number of aromatic carboxylic acids is 1. The first-order valence-electron chi connectivity index (χ1n) is 6.16. The van der Waals surface area contributed by atoms with Gasteiger partial charge in [-0.2, -0.15) is 0 Å². The maximum absolute atomic E-state index is 12.8. The van der Waals surface area contributed by atoms with Crippen LogP contribution in [0.3, 0.4) is 0 Å². The minimum Gasteiger partial charge on any atom is -0.478 e. The van der Waals surface area contributed by atoms with Gasteiger partial charge in [0, 0.05) is 13.6 Å². The zero-order valence-corrected chi connectivity index (χ0v) is 11.3. The van der Waals surface area contributed by atoms with Gasteiger partial charge >= 0.3 is 5.97 Å². The van der Waals surface area contributed by atoms with E-state index < -0.39 is 11.8 Å². The van der Waals surface area contributed by atoms with Crippen LogP contribution in [0.5, 0.6) is 0 Å². The zero-order valence-electron chi connectivity index (χ0n) is 11.3. The Hall–Kier alpha value is -2.76. The number of benzene rings is 1. The number of nitrogens with zero attached hydrogens (tertiary/aromatic N) is 2. The van der Waals surface area contributed by atoms with E-state index in [0.717, 1.165) is 11.8 Å². The molecular weight excluding hydrogens is 275 g/mol. The van der Waals surface area contributed by atoms with Crippen LogP contribution in [-0.4, -0.2) is 33.9 Å².